The fourth-order valence-electron chi connectivity index (χ4n) is 3.15. The molecule has 2 aromatic rings. The minimum atomic E-state index is -4.69. The molecule has 7 nitrogen and oxygen atoms in total. The lowest BCUT2D eigenvalue weighted by molar-refractivity contribution is -0.141. The Kier molecular flexibility index (Phi) is 7.58. The monoisotopic (exact) mass is 522 g/mol. The molecule has 2 amide bonds. The molecule has 188 valence electrons. The smallest absolute Gasteiger partial charge is 0.385 e. The quantitative estimate of drug-likeness (QED) is 0.552. The molecule has 0 radical (unpaired) electrons. The van der Waals surface area contributed by atoms with Crippen LogP contribution in [0.2, 0.25) is 5.02 Å². The normalized spacial score (nSPS) is 15.9. The molecule has 1 aliphatic heterocycles. The SMILES string of the molecule is Cc1cc(C2=NOC(c3cc(Cl)cc(C(F)(F)F)n3)C2)ccc1C(=O)NCC(=O)NCC(F)(F)F. The van der Waals surface area contributed by atoms with Gasteiger partial charge in [0.05, 0.1) is 18.0 Å². The maximum absolute atomic E-state index is 13.0. The average molecular weight is 523 g/mol. The molecular weight excluding hydrogens is 506 g/mol. The van der Waals surface area contributed by atoms with Crippen molar-refractivity contribution in [2.24, 2.45) is 5.16 Å². The van der Waals surface area contributed by atoms with Gasteiger partial charge in [-0.1, -0.05) is 22.8 Å². The first-order chi connectivity index (χ1) is 16.2. The summed E-state index contributed by atoms with van der Waals surface area (Å²) in [6.07, 6.45) is -10.1. The van der Waals surface area contributed by atoms with Crippen molar-refractivity contribution in [2.75, 3.05) is 13.1 Å². The average Bonchev–Trinajstić information content (AvgIpc) is 3.25. The van der Waals surface area contributed by atoms with Crippen LogP contribution in [0.25, 0.3) is 0 Å². The van der Waals surface area contributed by atoms with Crippen molar-refractivity contribution in [3.05, 3.63) is 63.4 Å². The van der Waals surface area contributed by atoms with Gasteiger partial charge in [-0.15, -0.1) is 0 Å². The third-order valence-electron chi connectivity index (χ3n) is 4.80. The number of pyridine rings is 1. The second kappa shape index (κ2) is 10.1. The predicted octanol–water partition coefficient (Wildman–Crippen LogP) is 4.34. The molecule has 0 saturated heterocycles. The minimum absolute atomic E-state index is 0.0416. The van der Waals surface area contributed by atoms with E-state index in [1.165, 1.54) is 18.2 Å². The van der Waals surface area contributed by atoms with Gasteiger partial charge in [0.15, 0.2) is 6.10 Å². The summed E-state index contributed by atoms with van der Waals surface area (Å²) in [5.41, 5.74) is 0.353. The Hall–Kier alpha value is -3.35. The highest BCUT2D eigenvalue weighted by Gasteiger charge is 2.35. The molecule has 1 atom stereocenters. The van der Waals surface area contributed by atoms with Crippen molar-refractivity contribution in [3.63, 3.8) is 0 Å². The lowest BCUT2D eigenvalue weighted by atomic mass is 9.98. The standard InChI is InChI=1S/C21H17ClF6N4O3/c1-10-4-11(2-3-13(10)19(34)29-8-18(33)30-9-20(23,24)25)14-7-16(35-32-14)15-5-12(22)6-17(31-15)21(26,27)28/h2-6,16H,7-9H2,1H3,(H,29,34)(H,30,33). The van der Waals surface area contributed by atoms with E-state index in [2.05, 4.69) is 15.5 Å². The van der Waals surface area contributed by atoms with Gasteiger partial charge in [-0.3, -0.25) is 9.59 Å². The summed E-state index contributed by atoms with van der Waals surface area (Å²) < 4.78 is 75.4. The number of aryl methyl sites for hydroxylation is 1. The number of oxime groups is 1. The van der Waals surface area contributed by atoms with E-state index in [1.807, 2.05) is 0 Å². The van der Waals surface area contributed by atoms with Gasteiger partial charge in [-0.05, 0) is 42.3 Å². The summed E-state index contributed by atoms with van der Waals surface area (Å²) in [7, 11) is 0. The second-order valence-corrected chi connectivity index (χ2v) is 7.97. The van der Waals surface area contributed by atoms with Gasteiger partial charge < -0.3 is 15.5 Å². The topological polar surface area (TPSA) is 92.7 Å². The molecule has 0 saturated carbocycles. The van der Waals surface area contributed by atoms with Gasteiger partial charge in [-0.2, -0.15) is 26.3 Å². The van der Waals surface area contributed by atoms with Gasteiger partial charge in [-0.25, -0.2) is 4.98 Å². The van der Waals surface area contributed by atoms with Gasteiger partial charge >= 0.3 is 12.4 Å². The largest absolute Gasteiger partial charge is 0.433 e. The van der Waals surface area contributed by atoms with Gasteiger partial charge in [0.2, 0.25) is 5.91 Å². The number of benzene rings is 1. The second-order valence-electron chi connectivity index (χ2n) is 7.53. The number of carbonyl (C=O) groups excluding carboxylic acids is 2. The molecule has 2 N–H and O–H groups in total. The van der Waals surface area contributed by atoms with Crippen molar-refractivity contribution in [3.8, 4) is 0 Å². The van der Waals surface area contributed by atoms with Crippen LogP contribution in [0.15, 0.2) is 35.5 Å². The maximum atomic E-state index is 13.0. The number of hydrogen-bond donors (Lipinski definition) is 2. The number of amides is 2. The van der Waals surface area contributed by atoms with Crippen molar-refractivity contribution >= 4 is 29.1 Å². The van der Waals surface area contributed by atoms with Gasteiger partial charge in [0, 0.05) is 17.0 Å². The summed E-state index contributed by atoms with van der Waals surface area (Å²) in [6.45, 7) is -0.572. The highest BCUT2D eigenvalue weighted by atomic mass is 35.5. The van der Waals surface area contributed by atoms with E-state index in [0.717, 1.165) is 0 Å². The molecule has 3 rings (SSSR count). The summed E-state index contributed by atoms with van der Waals surface area (Å²) in [5.74, 6) is -1.68. The van der Waals surface area contributed by atoms with E-state index < -0.39 is 49.1 Å². The Morgan fingerprint density at radius 2 is 1.83 bits per heavy atom. The van der Waals surface area contributed by atoms with Crippen LogP contribution in [-0.2, 0) is 15.8 Å². The molecule has 2 heterocycles. The number of carbonyl (C=O) groups is 2. The van der Waals surface area contributed by atoms with Crippen molar-refractivity contribution in [1.29, 1.82) is 0 Å². The summed E-state index contributed by atoms with van der Waals surface area (Å²) >= 11 is 5.79. The van der Waals surface area contributed by atoms with E-state index >= 15 is 0 Å². The van der Waals surface area contributed by atoms with Gasteiger partial charge in [0.1, 0.15) is 12.2 Å². The Balaban J connectivity index is 1.64. The zero-order valence-corrected chi connectivity index (χ0v) is 18.6. The molecule has 1 aromatic heterocycles. The van der Waals surface area contributed by atoms with E-state index in [0.29, 0.717) is 22.9 Å². The first kappa shape index (κ1) is 26.3. The van der Waals surface area contributed by atoms with Crippen molar-refractivity contribution < 1.29 is 40.8 Å². The highest BCUT2D eigenvalue weighted by Crippen LogP contribution is 2.34. The first-order valence-corrected chi connectivity index (χ1v) is 10.3. The number of rotatable bonds is 6. The Morgan fingerprint density at radius 3 is 2.46 bits per heavy atom. The fraction of sp³-hybridized carbons (Fsp3) is 0.333. The van der Waals surface area contributed by atoms with Crippen LogP contribution in [0.4, 0.5) is 26.3 Å². The zero-order valence-electron chi connectivity index (χ0n) is 17.9. The molecular formula is C21H17ClF6N4O3. The van der Waals surface area contributed by atoms with Crippen LogP contribution < -0.4 is 10.6 Å². The first-order valence-electron chi connectivity index (χ1n) is 9.93. The summed E-state index contributed by atoms with van der Waals surface area (Å²) in [5, 5.41) is 7.62. The number of aromatic nitrogens is 1. The maximum Gasteiger partial charge on any atom is 0.433 e. The summed E-state index contributed by atoms with van der Waals surface area (Å²) in [4.78, 5) is 32.6. The van der Waals surface area contributed by atoms with Gasteiger partial charge in [0.25, 0.3) is 5.91 Å². The van der Waals surface area contributed by atoms with Crippen LogP contribution >= 0.6 is 11.6 Å². The predicted molar refractivity (Wildman–Crippen MR) is 112 cm³/mol. The lowest BCUT2D eigenvalue weighted by Crippen LogP contribution is -2.41. The molecule has 1 unspecified atom stereocenters. The number of hydrogen-bond acceptors (Lipinski definition) is 5. The van der Waals surface area contributed by atoms with Crippen LogP contribution in [0.3, 0.4) is 0 Å². The minimum Gasteiger partial charge on any atom is -0.385 e. The molecule has 35 heavy (non-hydrogen) atoms. The van der Waals surface area contributed by atoms with Crippen LogP contribution in [0, 0.1) is 6.92 Å². The molecule has 14 heteroatoms. The lowest BCUT2D eigenvalue weighted by Gasteiger charge is -2.12. The van der Waals surface area contributed by atoms with Crippen LogP contribution in [-0.4, -0.2) is 41.8 Å². The molecule has 0 spiro atoms. The third kappa shape index (κ3) is 7.07. The Bertz CT molecular complexity index is 1170. The Morgan fingerprint density at radius 1 is 1.11 bits per heavy atom. The molecule has 0 aliphatic carbocycles. The van der Waals surface area contributed by atoms with Crippen LogP contribution in [0.5, 0.6) is 0 Å². The highest BCUT2D eigenvalue weighted by molar-refractivity contribution is 6.30. The van der Waals surface area contributed by atoms with E-state index in [4.69, 9.17) is 16.4 Å². The Labute approximate surface area is 199 Å². The van der Waals surface area contributed by atoms with E-state index in [9.17, 15) is 35.9 Å². The van der Waals surface area contributed by atoms with Crippen molar-refractivity contribution in [1.82, 2.24) is 15.6 Å². The molecule has 1 aliphatic rings. The zero-order chi connectivity index (χ0) is 26.0. The number of halogens is 7. The summed E-state index contributed by atoms with van der Waals surface area (Å²) in [6, 6.07) is 6.47. The molecule has 1 aromatic carbocycles. The van der Waals surface area contributed by atoms with Crippen LogP contribution in [0.1, 0.15) is 45.4 Å². The number of nitrogens with one attached hydrogen (secondary N) is 2. The third-order valence-corrected chi connectivity index (χ3v) is 5.02. The van der Waals surface area contributed by atoms with E-state index in [-0.39, 0.29) is 22.7 Å². The van der Waals surface area contributed by atoms with E-state index in [1.54, 1.807) is 18.3 Å². The molecule has 0 fully saturated rings. The number of alkyl halides is 6. The number of nitrogens with zero attached hydrogens (tertiary/aromatic N) is 2. The fourth-order valence-corrected chi connectivity index (χ4v) is 3.36. The molecule has 0 bridgehead atoms. The van der Waals surface area contributed by atoms with Crippen molar-refractivity contribution in [2.45, 2.75) is 31.8 Å².